The number of ketones is 1. The summed E-state index contributed by atoms with van der Waals surface area (Å²) in [6, 6.07) is 9.27. The predicted molar refractivity (Wildman–Crippen MR) is 97.2 cm³/mol. The van der Waals surface area contributed by atoms with E-state index in [0.29, 0.717) is 0 Å². The van der Waals surface area contributed by atoms with E-state index in [9.17, 15) is 19.1 Å². The second-order valence-corrected chi connectivity index (χ2v) is 5.74. The molecule has 136 valence electrons. The van der Waals surface area contributed by atoms with Crippen molar-refractivity contribution in [1.29, 1.82) is 0 Å². The molecule has 0 unspecified atom stereocenters. The van der Waals surface area contributed by atoms with Gasteiger partial charge < -0.3 is 9.84 Å². The van der Waals surface area contributed by atoms with Gasteiger partial charge in [0.2, 0.25) is 5.82 Å². The van der Waals surface area contributed by atoms with E-state index in [1.165, 1.54) is 12.1 Å². The zero-order chi connectivity index (χ0) is 19.1. The van der Waals surface area contributed by atoms with Crippen LogP contribution in [0.25, 0.3) is 0 Å². The van der Waals surface area contributed by atoms with Gasteiger partial charge in [-0.2, -0.15) is 4.39 Å². The van der Waals surface area contributed by atoms with Crippen LogP contribution in [0.15, 0.2) is 48.6 Å². The molecule has 0 heterocycles. The number of ether oxygens (including phenoxy) is 1. The average Bonchev–Trinajstić information content (AvgIpc) is 2.65. The largest absolute Gasteiger partial charge is 0.504 e. The molecule has 0 saturated heterocycles. The van der Waals surface area contributed by atoms with Crippen LogP contribution in [-0.2, 0) is 6.42 Å². The second-order valence-electron chi connectivity index (χ2n) is 5.74. The minimum absolute atomic E-state index is 0.129. The third-order valence-electron chi connectivity index (χ3n) is 3.93. The highest BCUT2D eigenvalue weighted by Gasteiger charge is 2.20. The lowest BCUT2D eigenvalue weighted by atomic mass is 10.1. The fraction of sp³-hybridized carbons (Fsp3) is 0.238. The number of Topliss-reactive ketones (excluding diaryl/α,β-unsaturated/α-hetero) is 1. The number of carbonyl (C=O) groups is 2. The Morgan fingerprint density at radius 3 is 2.46 bits per heavy atom. The van der Waals surface area contributed by atoms with Crippen molar-refractivity contribution in [2.24, 2.45) is 0 Å². The number of aromatic hydroxyl groups is 1. The minimum atomic E-state index is -1.12. The zero-order valence-corrected chi connectivity index (χ0v) is 14.8. The van der Waals surface area contributed by atoms with E-state index in [4.69, 9.17) is 4.74 Å². The quantitative estimate of drug-likeness (QED) is 0.333. The number of halogens is 1. The van der Waals surface area contributed by atoms with Gasteiger partial charge in [0.15, 0.2) is 17.3 Å². The molecular weight excluding hydrogens is 335 g/mol. The van der Waals surface area contributed by atoms with Crippen LogP contribution in [0.2, 0.25) is 0 Å². The van der Waals surface area contributed by atoms with Crippen molar-refractivity contribution in [1.82, 2.24) is 0 Å². The third-order valence-corrected chi connectivity index (χ3v) is 3.93. The first-order valence-corrected chi connectivity index (χ1v) is 8.44. The van der Waals surface area contributed by atoms with Gasteiger partial charge in [0.1, 0.15) is 0 Å². The maximum absolute atomic E-state index is 14.2. The molecule has 0 fully saturated rings. The lowest BCUT2D eigenvalue weighted by Gasteiger charge is -2.09. The summed E-state index contributed by atoms with van der Waals surface area (Å²) in [5.41, 5.74) is 1.22. The van der Waals surface area contributed by atoms with Gasteiger partial charge in [-0.15, -0.1) is 0 Å². The Kier molecular flexibility index (Phi) is 6.67. The van der Waals surface area contributed by atoms with E-state index in [1.807, 2.05) is 25.1 Å². The molecule has 1 N–H and O–H groups in total. The topological polar surface area (TPSA) is 63.6 Å². The smallest absolute Gasteiger partial charge is 0.343 e. The predicted octanol–water partition coefficient (Wildman–Crippen LogP) is 4.85. The summed E-state index contributed by atoms with van der Waals surface area (Å²) in [4.78, 5) is 23.8. The molecule has 2 aromatic rings. The van der Waals surface area contributed by atoms with Crippen LogP contribution in [0.4, 0.5) is 4.39 Å². The Morgan fingerprint density at radius 2 is 1.85 bits per heavy atom. The van der Waals surface area contributed by atoms with Crippen molar-refractivity contribution in [3.05, 3.63) is 71.1 Å². The fourth-order valence-corrected chi connectivity index (χ4v) is 2.42. The van der Waals surface area contributed by atoms with Crippen LogP contribution in [0.3, 0.4) is 0 Å². The molecule has 0 amide bonds. The van der Waals surface area contributed by atoms with Crippen LogP contribution in [0.5, 0.6) is 11.5 Å². The molecule has 4 nitrogen and oxygen atoms in total. The van der Waals surface area contributed by atoms with Gasteiger partial charge in [-0.1, -0.05) is 31.2 Å². The Morgan fingerprint density at radius 1 is 1.15 bits per heavy atom. The normalized spacial score (nSPS) is 10.9. The van der Waals surface area contributed by atoms with Crippen LogP contribution in [-0.4, -0.2) is 16.9 Å². The molecule has 2 aromatic carbocycles. The first-order valence-electron chi connectivity index (χ1n) is 8.44. The zero-order valence-electron chi connectivity index (χ0n) is 14.8. The third kappa shape index (κ3) is 4.57. The van der Waals surface area contributed by atoms with Gasteiger partial charge >= 0.3 is 5.97 Å². The SMILES string of the molecule is C/C=C/CCc1ccc(C(=O)Oc2ccc(C(=O)CC)c(O)c2F)cc1. The second kappa shape index (κ2) is 8.94. The van der Waals surface area contributed by atoms with Crippen LogP contribution >= 0.6 is 0 Å². The van der Waals surface area contributed by atoms with Crippen LogP contribution in [0.1, 0.15) is 53.0 Å². The monoisotopic (exact) mass is 356 g/mol. The summed E-state index contributed by atoms with van der Waals surface area (Å²) < 4.78 is 19.2. The van der Waals surface area contributed by atoms with E-state index in [-0.39, 0.29) is 17.5 Å². The van der Waals surface area contributed by atoms with Crippen LogP contribution in [0, 0.1) is 5.82 Å². The number of hydrogen-bond acceptors (Lipinski definition) is 4. The van der Waals surface area contributed by atoms with E-state index in [0.717, 1.165) is 18.4 Å². The Hall–Kier alpha value is -2.95. The van der Waals surface area contributed by atoms with Crippen molar-refractivity contribution in [2.45, 2.75) is 33.1 Å². The van der Waals surface area contributed by atoms with Gasteiger partial charge in [-0.05, 0) is 49.6 Å². The summed E-state index contributed by atoms with van der Waals surface area (Å²) in [7, 11) is 0. The van der Waals surface area contributed by atoms with Gasteiger partial charge in [0.25, 0.3) is 0 Å². The lowest BCUT2D eigenvalue weighted by Crippen LogP contribution is -2.10. The van der Waals surface area contributed by atoms with Gasteiger partial charge in [0.05, 0.1) is 11.1 Å². The molecule has 26 heavy (non-hydrogen) atoms. The summed E-state index contributed by atoms with van der Waals surface area (Å²) in [5.74, 6) is -3.48. The first kappa shape index (κ1) is 19.4. The average molecular weight is 356 g/mol. The summed E-state index contributed by atoms with van der Waals surface area (Å²) >= 11 is 0. The van der Waals surface area contributed by atoms with E-state index < -0.39 is 29.1 Å². The van der Waals surface area contributed by atoms with Crippen LogP contribution < -0.4 is 4.74 Å². The highest BCUT2D eigenvalue weighted by molar-refractivity contribution is 5.99. The molecule has 0 aliphatic rings. The first-order chi connectivity index (χ1) is 12.5. The van der Waals surface area contributed by atoms with E-state index in [2.05, 4.69) is 6.08 Å². The van der Waals surface area contributed by atoms with Crippen molar-refractivity contribution < 1.29 is 23.8 Å². The fourth-order valence-electron chi connectivity index (χ4n) is 2.42. The number of hydrogen-bond donors (Lipinski definition) is 1. The molecule has 0 saturated carbocycles. The van der Waals surface area contributed by atoms with E-state index >= 15 is 0 Å². The summed E-state index contributed by atoms with van der Waals surface area (Å²) in [6.45, 7) is 3.57. The number of benzene rings is 2. The maximum atomic E-state index is 14.2. The van der Waals surface area contributed by atoms with Crippen molar-refractivity contribution >= 4 is 11.8 Å². The Balaban J connectivity index is 2.12. The Labute approximate surface area is 151 Å². The highest BCUT2D eigenvalue weighted by Crippen LogP contribution is 2.30. The summed E-state index contributed by atoms with van der Waals surface area (Å²) in [5, 5.41) is 9.81. The number of allylic oxidation sites excluding steroid dienone is 2. The standard InChI is InChI=1S/C21H21FO4/c1-3-5-6-7-14-8-10-15(11-9-14)21(25)26-18-13-12-16(17(23)4-2)20(24)19(18)22/h3,5,8-13,24H,4,6-7H2,1-2H3/b5-3+. The molecule has 2 rings (SSSR count). The number of carbonyl (C=O) groups excluding carboxylic acids is 2. The van der Waals surface area contributed by atoms with Crippen molar-refractivity contribution in [2.75, 3.05) is 0 Å². The maximum Gasteiger partial charge on any atom is 0.343 e. The molecule has 0 radical (unpaired) electrons. The number of phenolic OH excluding ortho intramolecular Hbond substituents is 1. The van der Waals surface area contributed by atoms with Gasteiger partial charge in [0, 0.05) is 6.42 Å². The van der Waals surface area contributed by atoms with Gasteiger partial charge in [-0.25, -0.2) is 4.79 Å². The molecule has 5 heteroatoms. The molecule has 0 aliphatic heterocycles. The summed E-state index contributed by atoms with van der Waals surface area (Å²) in [6.07, 6.45) is 5.94. The van der Waals surface area contributed by atoms with E-state index in [1.54, 1.807) is 19.1 Å². The molecule has 0 bridgehead atoms. The minimum Gasteiger partial charge on any atom is -0.504 e. The molecule has 0 aromatic heterocycles. The number of aryl methyl sites for hydroxylation is 1. The molecule has 0 aliphatic carbocycles. The lowest BCUT2D eigenvalue weighted by molar-refractivity contribution is 0.0727. The Bertz CT molecular complexity index is 823. The molecular formula is C21H21FO4. The van der Waals surface area contributed by atoms with Crippen molar-refractivity contribution in [3.63, 3.8) is 0 Å². The number of phenols is 1. The molecule has 0 spiro atoms. The number of rotatable bonds is 7. The molecule has 0 atom stereocenters. The number of esters is 1. The van der Waals surface area contributed by atoms with Gasteiger partial charge in [-0.3, -0.25) is 4.79 Å². The highest BCUT2D eigenvalue weighted by atomic mass is 19.1. The van der Waals surface area contributed by atoms with Crippen molar-refractivity contribution in [3.8, 4) is 11.5 Å².